The molecule has 0 aromatic carbocycles. The van der Waals surface area contributed by atoms with Crippen LogP contribution in [-0.4, -0.2) is 24.4 Å². The Morgan fingerprint density at radius 3 is 2.62 bits per heavy atom. The molecule has 0 amide bonds. The highest BCUT2D eigenvalue weighted by molar-refractivity contribution is 6.31. The summed E-state index contributed by atoms with van der Waals surface area (Å²) in [6, 6.07) is 1.05. The molecule has 1 aliphatic rings. The summed E-state index contributed by atoms with van der Waals surface area (Å²) in [6.45, 7) is 2.35. The van der Waals surface area contributed by atoms with E-state index in [0.29, 0.717) is 17.6 Å². The lowest BCUT2D eigenvalue weighted by Crippen LogP contribution is -2.20. The van der Waals surface area contributed by atoms with Gasteiger partial charge in [0.2, 0.25) is 0 Å². The van der Waals surface area contributed by atoms with Crippen LogP contribution in [0.2, 0.25) is 5.02 Å². The molecule has 1 atom stereocenters. The molecule has 1 fully saturated rings. The predicted octanol–water partition coefficient (Wildman–Crippen LogP) is 3.78. The van der Waals surface area contributed by atoms with E-state index in [9.17, 15) is 23.1 Å². The summed E-state index contributed by atoms with van der Waals surface area (Å²) in [5, 5.41) is 15.2. The number of aliphatic hydroxyl groups is 1. The Bertz CT molecular complexity index is 1160. The summed E-state index contributed by atoms with van der Waals surface area (Å²) in [5.41, 5.74) is 0.0848. The number of halogens is 4. The molecule has 3 aromatic heterocycles. The molecule has 0 radical (unpaired) electrons. The average Bonchev–Trinajstić information content (AvgIpc) is 3.43. The van der Waals surface area contributed by atoms with Crippen LogP contribution in [0.3, 0.4) is 0 Å². The largest absolute Gasteiger partial charge is 0.434 e. The quantitative estimate of drug-likeness (QED) is 0.689. The van der Waals surface area contributed by atoms with Crippen LogP contribution < -0.4 is 5.56 Å². The van der Waals surface area contributed by atoms with Crippen LogP contribution in [-0.2, 0) is 19.8 Å². The molecule has 154 valence electrons. The van der Waals surface area contributed by atoms with Gasteiger partial charge in [-0.05, 0) is 37.3 Å². The highest BCUT2D eigenvalue weighted by Crippen LogP contribution is 2.44. The normalized spacial score (nSPS) is 15.8. The lowest BCUT2D eigenvalue weighted by Gasteiger charge is -2.16. The molecule has 0 spiro atoms. The van der Waals surface area contributed by atoms with E-state index in [4.69, 9.17) is 11.6 Å². The van der Waals surface area contributed by atoms with E-state index in [0.717, 1.165) is 30.7 Å². The van der Waals surface area contributed by atoms with Gasteiger partial charge in [-0.1, -0.05) is 11.6 Å². The number of aliphatic hydroxyl groups excluding tert-OH is 1. The van der Waals surface area contributed by atoms with E-state index in [1.165, 1.54) is 4.68 Å². The number of hydrogen-bond donors (Lipinski definition) is 1. The van der Waals surface area contributed by atoms with Crippen molar-refractivity contribution in [2.45, 2.75) is 44.5 Å². The fourth-order valence-electron chi connectivity index (χ4n) is 3.62. The molecule has 0 unspecified atom stereocenters. The molecular formula is C19H18ClF3N4O2. The van der Waals surface area contributed by atoms with Gasteiger partial charge in [0.15, 0.2) is 11.2 Å². The molecule has 0 saturated heterocycles. The standard InChI is InChI=1S/C19H18ClF3N4O2/c1-3-27-8-11(9-4-5-9)13-14(18(27)29)25-26(2)15(13)16(28)10-6-12(20)17(24-7-10)19(21,22)23/h6-9,16,28H,3-5H2,1-2H3/t16-/m1/s1. The third kappa shape index (κ3) is 3.32. The summed E-state index contributed by atoms with van der Waals surface area (Å²) < 4.78 is 41.8. The van der Waals surface area contributed by atoms with Crippen LogP contribution in [0, 0.1) is 0 Å². The van der Waals surface area contributed by atoms with Crippen LogP contribution in [0.25, 0.3) is 10.9 Å². The number of rotatable bonds is 4. The molecule has 29 heavy (non-hydrogen) atoms. The molecular weight excluding hydrogens is 409 g/mol. The van der Waals surface area contributed by atoms with Crippen LogP contribution in [0.4, 0.5) is 13.2 Å². The predicted molar refractivity (Wildman–Crippen MR) is 101 cm³/mol. The minimum atomic E-state index is -4.69. The Labute approximate surface area is 168 Å². The summed E-state index contributed by atoms with van der Waals surface area (Å²) in [5.74, 6) is 0.264. The second-order valence-corrected chi connectivity index (χ2v) is 7.59. The van der Waals surface area contributed by atoms with Gasteiger partial charge in [-0.2, -0.15) is 18.3 Å². The number of aromatic nitrogens is 4. The second-order valence-electron chi connectivity index (χ2n) is 7.18. The Kier molecular flexibility index (Phi) is 4.70. The number of hydrogen-bond acceptors (Lipinski definition) is 4. The monoisotopic (exact) mass is 426 g/mol. The molecule has 1 N–H and O–H groups in total. The molecule has 1 saturated carbocycles. The molecule has 3 aromatic rings. The van der Waals surface area contributed by atoms with E-state index in [1.54, 1.807) is 17.8 Å². The molecule has 3 heterocycles. The number of fused-ring (bicyclic) bond motifs is 1. The summed E-state index contributed by atoms with van der Waals surface area (Å²) in [6.07, 6.45) is -1.36. The minimum absolute atomic E-state index is 0.0920. The lowest BCUT2D eigenvalue weighted by molar-refractivity contribution is -0.141. The van der Waals surface area contributed by atoms with Gasteiger partial charge in [0.25, 0.3) is 5.56 Å². The minimum Gasteiger partial charge on any atom is -0.382 e. The molecule has 6 nitrogen and oxygen atoms in total. The second kappa shape index (κ2) is 6.84. The smallest absolute Gasteiger partial charge is 0.382 e. The zero-order chi connectivity index (χ0) is 21.1. The van der Waals surface area contributed by atoms with Crippen molar-refractivity contribution in [2.75, 3.05) is 0 Å². The first-order chi connectivity index (χ1) is 13.6. The van der Waals surface area contributed by atoms with Gasteiger partial charge in [0, 0.05) is 36.9 Å². The van der Waals surface area contributed by atoms with Gasteiger partial charge in [0.1, 0.15) is 6.10 Å². The molecule has 0 bridgehead atoms. The van der Waals surface area contributed by atoms with Crippen LogP contribution >= 0.6 is 11.6 Å². The maximum absolute atomic E-state index is 12.9. The van der Waals surface area contributed by atoms with Gasteiger partial charge < -0.3 is 9.67 Å². The highest BCUT2D eigenvalue weighted by Gasteiger charge is 2.36. The van der Waals surface area contributed by atoms with Crippen LogP contribution in [0.5, 0.6) is 0 Å². The van der Waals surface area contributed by atoms with Crippen molar-refractivity contribution in [2.24, 2.45) is 7.05 Å². The van der Waals surface area contributed by atoms with Crippen molar-refractivity contribution in [3.63, 3.8) is 0 Å². The maximum Gasteiger partial charge on any atom is 0.434 e. The highest BCUT2D eigenvalue weighted by atomic mass is 35.5. The summed E-state index contributed by atoms with van der Waals surface area (Å²) >= 11 is 5.76. The number of pyridine rings is 2. The number of nitrogens with zero attached hydrogens (tertiary/aromatic N) is 4. The van der Waals surface area contributed by atoms with Crippen molar-refractivity contribution in [1.29, 1.82) is 0 Å². The number of alkyl halides is 3. The fraction of sp³-hybridized carbons (Fsp3) is 0.421. The molecule has 10 heteroatoms. The van der Waals surface area contributed by atoms with Crippen molar-refractivity contribution in [3.8, 4) is 0 Å². The first kappa shape index (κ1) is 19.9. The van der Waals surface area contributed by atoms with Crippen LogP contribution in [0.15, 0.2) is 23.3 Å². The molecule has 1 aliphatic carbocycles. The van der Waals surface area contributed by atoms with Gasteiger partial charge in [-0.25, -0.2) is 4.98 Å². The van der Waals surface area contributed by atoms with Gasteiger partial charge in [-0.3, -0.25) is 9.48 Å². The topological polar surface area (TPSA) is 72.9 Å². The Morgan fingerprint density at radius 1 is 1.38 bits per heavy atom. The van der Waals surface area contributed by atoms with Crippen LogP contribution in [0.1, 0.15) is 54.3 Å². The number of aryl methyl sites for hydroxylation is 2. The van der Waals surface area contributed by atoms with E-state index < -0.39 is 23.0 Å². The maximum atomic E-state index is 12.9. The zero-order valence-corrected chi connectivity index (χ0v) is 16.4. The first-order valence-electron chi connectivity index (χ1n) is 9.14. The van der Waals surface area contributed by atoms with Gasteiger partial charge >= 0.3 is 6.18 Å². The summed E-state index contributed by atoms with van der Waals surface area (Å²) in [7, 11) is 1.59. The van der Waals surface area contributed by atoms with E-state index >= 15 is 0 Å². The third-order valence-electron chi connectivity index (χ3n) is 5.20. The van der Waals surface area contributed by atoms with E-state index in [-0.39, 0.29) is 22.6 Å². The van der Waals surface area contributed by atoms with Crippen molar-refractivity contribution < 1.29 is 18.3 Å². The molecule has 0 aliphatic heterocycles. The lowest BCUT2D eigenvalue weighted by atomic mass is 10.00. The van der Waals surface area contributed by atoms with Gasteiger partial charge in [-0.15, -0.1) is 0 Å². The average molecular weight is 427 g/mol. The fourth-order valence-corrected chi connectivity index (χ4v) is 3.90. The van der Waals surface area contributed by atoms with E-state index in [2.05, 4.69) is 10.1 Å². The Balaban J connectivity index is 1.90. The summed E-state index contributed by atoms with van der Waals surface area (Å²) in [4.78, 5) is 16.1. The molecule has 4 rings (SSSR count). The van der Waals surface area contributed by atoms with Gasteiger partial charge in [0.05, 0.1) is 10.7 Å². The Hall–Kier alpha value is -2.39. The SMILES string of the molecule is CCn1cc(C2CC2)c2c([C@H](O)c3cnc(C(F)(F)F)c(Cl)c3)n(C)nc2c1=O. The van der Waals surface area contributed by atoms with Crippen molar-refractivity contribution in [3.05, 3.63) is 56.4 Å². The third-order valence-corrected chi connectivity index (χ3v) is 5.49. The van der Waals surface area contributed by atoms with Crippen molar-refractivity contribution in [1.82, 2.24) is 19.3 Å². The van der Waals surface area contributed by atoms with Crippen molar-refractivity contribution >= 4 is 22.5 Å². The zero-order valence-electron chi connectivity index (χ0n) is 15.7. The Morgan fingerprint density at radius 2 is 2.07 bits per heavy atom. The first-order valence-corrected chi connectivity index (χ1v) is 9.51. The van der Waals surface area contributed by atoms with E-state index in [1.807, 2.05) is 6.92 Å².